The molecule has 44 heavy (non-hydrogen) atoms. The third-order valence-electron chi connectivity index (χ3n) is 7.61. The van der Waals surface area contributed by atoms with Crippen LogP contribution in [-0.4, -0.2) is 63.0 Å². The molecule has 0 radical (unpaired) electrons. The Morgan fingerprint density at radius 2 is 1.64 bits per heavy atom. The van der Waals surface area contributed by atoms with E-state index in [2.05, 4.69) is 20.8 Å². The predicted octanol–water partition coefficient (Wildman–Crippen LogP) is 6.82. The van der Waals surface area contributed by atoms with Crippen LogP contribution < -0.4 is 9.21 Å². The second-order valence-corrected chi connectivity index (χ2v) is 15.0. The van der Waals surface area contributed by atoms with Crippen LogP contribution >= 0.6 is 38.6 Å². The number of thiophene rings is 2. The molecule has 3 heterocycles. The molecule has 2 aromatic heterocycles. The molecule has 1 aliphatic heterocycles. The van der Waals surface area contributed by atoms with Crippen LogP contribution in [0.25, 0.3) is 10.1 Å². The number of sulfonamides is 1. The monoisotopic (exact) mass is 709 g/mol. The first-order valence-corrected chi connectivity index (χ1v) is 17.8. The predicted molar refractivity (Wildman–Crippen MR) is 180 cm³/mol. The summed E-state index contributed by atoms with van der Waals surface area (Å²) in [7, 11) is -4.05. The van der Waals surface area contributed by atoms with E-state index in [0.717, 1.165) is 27.1 Å². The van der Waals surface area contributed by atoms with E-state index in [1.807, 2.05) is 70.9 Å². The molecule has 1 saturated heterocycles. The van der Waals surface area contributed by atoms with Gasteiger partial charge in [0.1, 0.15) is 9.75 Å². The standard InChI is InChI=1S/C32H28BrN3O5S3/c33-25-13-19-42-30(25)31(37)35-17-15-34(16-18-35)26-8-4-5-9-27(26)36(14-12-22-6-2-1-3-7-22)44(40,41)24-11-10-23-20-29(32(38)39)43-28(23)21-24/h1-11,13,19-21H,12,14-18H2,(H,38,39). The Morgan fingerprint density at radius 1 is 0.909 bits per heavy atom. The van der Waals surface area contributed by atoms with Gasteiger partial charge in [0.15, 0.2) is 0 Å². The molecule has 0 unspecified atom stereocenters. The van der Waals surface area contributed by atoms with Gasteiger partial charge in [-0.3, -0.25) is 9.10 Å². The van der Waals surface area contributed by atoms with Crippen LogP contribution in [0.2, 0.25) is 0 Å². The van der Waals surface area contributed by atoms with Crippen molar-refractivity contribution in [2.45, 2.75) is 11.3 Å². The zero-order valence-electron chi connectivity index (χ0n) is 23.4. The van der Waals surface area contributed by atoms with Crippen LogP contribution in [0.15, 0.2) is 99.7 Å². The number of carboxylic acid groups (broad SMARTS) is 1. The van der Waals surface area contributed by atoms with Crippen molar-refractivity contribution in [3.8, 4) is 0 Å². The highest BCUT2D eigenvalue weighted by molar-refractivity contribution is 9.10. The van der Waals surface area contributed by atoms with E-state index in [9.17, 15) is 23.1 Å². The van der Waals surface area contributed by atoms with Crippen LogP contribution in [0.3, 0.4) is 0 Å². The van der Waals surface area contributed by atoms with Gasteiger partial charge in [0.25, 0.3) is 15.9 Å². The average molecular weight is 711 g/mol. The zero-order valence-corrected chi connectivity index (χ0v) is 27.5. The Hall–Kier alpha value is -3.71. The van der Waals surface area contributed by atoms with Crippen molar-refractivity contribution in [1.29, 1.82) is 0 Å². The number of amides is 1. The molecule has 1 aliphatic rings. The van der Waals surface area contributed by atoms with Gasteiger partial charge in [-0.05, 0) is 75.1 Å². The van der Waals surface area contributed by atoms with Crippen LogP contribution in [0, 0.1) is 0 Å². The Bertz CT molecular complexity index is 1930. The van der Waals surface area contributed by atoms with E-state index in [-0.39, 0.29) is 22.2 Å². The largest absolute Gasteiger partial charge is 0.477 e. The smallest absolute Gasteiger partial charge is 0.345 e. The number of carboxylic acids is 1. The van der Waals surface area contributed by atoms with Crippen LogP contribution in [-0.2, 0) is 16.4 Å². The summed E-state index contributed by atoms with van der Waals surface area (Å²) in [5.74, 6) is -1.05. The fraction of sp³-hybridized carbons (Fsp3) is 0.188. The molecule has 0 bridgehead atoms. The number of nitrogens with zero attached hydrogens (tertiary/aromatic N) is 3. The molecule has 8 nitrogen and oxygen atoms in total. The number of para-hydroxylation sites is 2. The Labute approximate surface area is 272 Å². The number of benzene rings is 3. The molecule has 12 heteroatoms. The normalized spacial score (nSPS) is 13.8. The molecular formula is C32H28BrN3O5S3. The molecule has 0 spiro atoms. The van der Waals surface area contributed by atoms with Crippen molar-refractivity contribution in [2.24, 2.45) is 0 Å². The molecule has 1 amide bonds. The van der Waals surface area contributed by atoms with Gasteiger partial charge in [0, 0.05) is 41.9 Å². The zero-order chi connectivity index (χ0) is 30.8. The summed E-state index contributed by atoms with van der Waals surface area (Å²) in [6.45, 7) is 2.33. The quantitative estimate of drug-likeness (QED) is 0.180. The van der Waals surface area contributed by atoms with Crippen molar-refractivity contribution in [3.05, 3.63) is 110 Å². The highest BCUT2D eigenvalue weighted by Gasteiger charge is 2.31. The number of aromatic carboxylic acids is 1. The number of fused-ring (bicyclic) bond motifs is 1. The number of anilines is 2. The topological polar surface area (TPSA) is 98.2 Å². The first-order valence-electron chi connectivity index (χ1n) is 13.9. The van der Waals surface area contributed by atoms with Gasteiger partial charge < -0.3 is 14.9 Å². The second kappa shape index (κ2) is 12.7. The third kappa shape index (κ3) is 6.12. The van der Waals surface area contributed by atoms with E-state index in [1.165, 1.54) is 15.6 Å². The van der Waals surface area contributed by atoms with E-state index in [1.54, 1.807) is 24.3 Å². The maximum atomic E-state index is 14.4. The lowest BCUT2D eigenvalue weighted by Crippen LogP contribution is -2.49. The minimum absolute atomic E-state index is 0.0121. The summed E-state index contributed by atoms with van der Waals surface area (Å²) in [5.41, 5.74) is 2.34. The molecular weight excluding hydrogens is 682 g/mol. The fourth-order valence-electron chi connectivity index (χ4n) is 5.33. The fourth-order valence-corrected chi connectivity index (χ4v) is 9.36. The second-order valence-electron chi connectivity index (χ2n) is 10.3. The van der Waals surface area contributed by atoms with Crippen molar-refractivity contribution in [3.63, 3.8) is 0 Å². The molecule has 0 atom stereocenters. The average Bonchev–Trinajstić information content (AvgIpc) is 3.67. The van der Waals surface area contributed by atoms with Gasteiger partial charge in [-0.1, -0.05) is 48.5 Å². The lowest BCUT2D eigenvalue weighted by molar-refractivity contribution is 0.0700. The summed E-state index contributed by atoms with van der Waals surface area (Å²) < 4.78 is 31.7. The number of rotatable bonds is 9. The van der Waals surface area contributed by atoms with E-state index in [4.69, 9.17) is 0 Å². The minimum atomic E-state index is -4.05. The molecule has 1 N–H and O–H groups in total. The molecule has 0 saturated carbocycles. The van der Waals surface area contributed by atoms with Crippen LogP contribution in [0.1, 0.15) is 24.9 Å². The molecule has 3 aromatic carbocycles. The highest BCUT2D eigenvalue weighted by Crippen LogP contribution is 2.36. The van der Waals surface area contributed by atoms with Gasteiger partial charge in [-0.2, -0.15) is 0 Å². The first-order chi connectivity index (χ1) is 21.2. The Morgan fingerprint density at radius 3 is 2.34 bits per heavy atom. The molecule has 0 aliphatic carbocycles. The molecule has 5 aromatic rings. The van der Waals surface area contributed by atoms with Crippen molar-refractivity contribution < 1.29 is 23.1 Å². The highest BCUT2D eigenvalue weighted by atomic mass is 79.9. The van der Waals surface area contributed by atoms with E-state index in [0.29, 0.717) is 53.3 Å². The van der Waals surface area contributed by atoms with Gasteiger partial charge in [0.2, 0.25) is 0 Å². The Kier molecular flexibility index (Phi) is 8.77. The van der Waals surface area contributed by atoms with Gasteiger partial charge in [-0.15, -0.1) is 22.7 Å². The van der Waals surface area contributed by atoms with Crippen molar-refractivity contribution in [1.82, 2.24) is 4.90 Å². The summed E-state index contributed by atoms with van der Waals surface area (Å²) in [4.78, 5) is 29.6. The van der Waals surface area contributed by atoms with Crippen molar-refractivity contribution >= 4 is 82.0 Å². The molecule has 226 valence electrons. The van der Waals surface area contributed by atoms with Crippen LogP contribution in [0.4, 0.5) is 11.4 Å². The summed E-state index contributed by atoms with van der Waals surface area (Å²) in [5, 5.41) is 12.0. The number of carbonyl (C=O) groups is 2. The summed E-state index contributed by atoms with van der Waals surface area (Å²) in [6.07, 6.45) is 0.497. The maximum Gasteiger partial charge on any atom is 0.345 e. The van der Waals surface area contributed by atoms with Gasteiger partial charge in [-0.25, -0.2) is 13.2 Å². The van der Waals surface area contributed by atoms with Gasteiger partial charge in [0.05, 0.1) is 16.3 Å². The summed E-state index contributed by atoms with van der Waals surface area (Å²) >= 11 is 5.93. The van der Waals surface area contributed by atoms with Crippen molar-refractivity contribution in [2.75, 3.05) is 41.9 Å². The lowest BCUT2D eigenvalue weighted by Gasteiger charge is -2.38. The molecule has 6 rings (SSSR count). The number of carbonyl (C=O) groups excluding carboxylic acids is 1. The summed E-state index contributed by atoms with van der Waals surface area (Å²) in [6, 6.07) is 25.4. The third-order valence-corrected chi connectivity index (χ3v) is 12.3. The van der Waals surface area contributed by atoms with Crippen LogP contribution in [0.5, 0.6) is 0 Å². The number of hydrogen-bond donors (Lipinski definition) is 1. The Balaban J connectivity index is 1.33. The van der Waals surface area contributed by atoms with E-state index < -0.39 is 16.0 Å². The minimum Gasteiger partial charge on any atom is -0.477 e. The maximum absolute atomic E-state index is 14.4. The number of piperazine rings is 1. The molecule has 1 fully saturated rings. The van der Waals surface area contributed by atoms with Gasteiger partial charge >= 0.3 is 5.97 Å². The van der Waals surface area contributed by atoms with E-state index >= 15 is 0 Å². The SMILES string of the molecule is O=C(O)c1cc2ccc(S(=O)(=O)N(CCc3ccccc3)c3ccccc3N3CCN(C(=O)c4sccc4Br)CC3)cc2s1. The number of hydrogen-bond acceptors (Lipinski definition) is 7. The lowest BCUT2D eigenvalue weighted by atomic mass is 10.1. The number of halogens is 1. The first kappa shape index (κ1) is 30.3.